The molecule has 0 saturated heterocycles. The zero-order valence-electron chi connectivity index (χ0n) is 11.7. The second kappa shape index (κ2) is 6.20. The first-order valence-corrected chi connectivity index (χ1v) is 7.27. The predicted molar refractivity (Wildman–Crippen MR) is 85.3 cm³/mol. The molecule has 112 valence electrons. The fraction of sp³-hybridized carbons (Fsp3) is 0.118. The molecule has 3 aromatic rings. The zero-order valence-corrected chi connectivity index (χ0v) is 12.5. The maximum Gasteiger partial charge on any atom is 0.224 e. The molecule has 0 saturated carbocycles. The standard InChI is InChI=1S/C17H14ClFN2O/c18-13-5-6-14-12(10-20-16(14)8-13)7-17(22)21-9-11-3-1-2-4-15(11)19/h1-6,8,10,20H,7,9H2,(H,21,22). The van der Waals surface area contributed by atoms with Gasteiger partial charge < -0.3 is 10.3 Å². The lowest BCUT2D eigenvalue weighted by Crippen LogP contribution is -2.24. The number of carbonyl (C=O) groups excluding carboxylic acids is 1. The van der Waals surface area contributed by atoms with Gasteiger partial charge in [-0.1, -0.05) is 35.9 Å². The summed E-state index contributed by atoms with van der Waals surface area (Å²) in [5.41, 5.74) is 2.25. The third-order valence-corrected chi connectivity index (χ3v) is 3.75. The zero-order chi connectivity index (χ0) is 15.5. The van der Waals surface area contributed by atoms with Crippen LogP contribution < -0.4 is 5.32 Å². The molecule has 0 fully saturated rings. The molecule has 0 unspecified atom stereocenters. The number of fused-ring (bicyclic) bond motifs is 1. The number of nitrogens with one attached hydrogen (secondary N) is 2. The topological polar surface area (TPSA) is 44.9 Å². The monoisotopic (exact) mass is 316 g/mol. The summed E-state index contributed by atoms with van der Waals surface area (Å²) in [5.74, 6) is -0.469. The smallest absolute Gasteiger partial charge is 0.224 e. The molecule has 3 nitrogen and oxygen atoms in total. The molecule has 2 aromatic carbocycles. The number of benzene rings is 2. The van der Waals surface area contributed by atoms with E-state index in [1.54, 1.807) is 30.5 Å². The van der Waals surface area contributed by atoms with Crippen LogP contribution in [0.3, 0.4) is 0 Å². The Morgan fingerprint density at radius 1 is 1.18 bits per heavy atom. The van der Waals surface area contributed by atoms with Crippen LogP contribution in [0.1, 0.15) is 11.1 Å². The number of hydrogen-bond acceptors (Lipinski definition) is 1. The normalized spacial score (nSPS) is 10.8. The van der Waals surface area contributed by atoms with Gasteiger partial charge >= 0.3 is 0 Å². The Kier molecular flexibility index (Phi) is 4.11. The van der Waals surface area contributed by atoms with Crippen molar-refractivity contribution in [1.29, 1.82) is 0 Å². The van der Waals surface area contributed by atoms with Crippen LogP contribution in [0.2, 0.25) is 5.02 Å². The molecule has 0 radical (unpaired) electrons. The van der Waals surface area contributed by atoms with Crippen LogP contribution in [0.25, 0.3) is 10.9 Å². The first kappa shape index (κ1) is 14.6. The molecule has 0 aliphatic heterocycles. The van der Waals surface area contributed by atoms with Gasteiger partial charge in [0.05, 0.1) is 6.42 Å². The number of halogens is 2. The van der Waals surface area contributed by atoms with Crippen molar-refractivity contribution in [3.8, 4) is 0 Å². The van der Waals surface area contributed by atoms with Crippen LogP contribution in [0.5, 0.6) is 0 Å². The second-order valence-electron chi connectivity index (χ2n) is 5.05. The largest absolute Gasteiger partial charge is 0.361 e. The highest BCUT2D eigenvalue weighted by Crippen LogP contribution is 2.22. The molecular weight excluding hydrogens is 303 g/mol. The molecule has 2 N–H and O–H groups in total. The minimum atomic E-state index is -0.315. The Bertz CT molecular complexity index is 828. The number of carbonyl (C=O) groups is 1. The first-order valence-electron chi connectivity index (χ1n) is 6.89. The fourth-order valence-electron chi connectivity index (χ4n) is 2.38. The molecule has 3 rings (SSSR count). The van der Waals surface area contributed by atoms with Crippen LogP contribution in [-0.2, 0) is 17.8 Å². The highest BCUT2D eigenvalue weighted by atomic mass is 35.5. The summed E-state index contributed by atoms with van der Waals surface area (Å²) >= 11 is 5.93. The van der Waals surface area contributed by atoms with Gasteiger partial charge in [-0.05, 0) is 23.8 Å². The average molecular weight is 317 g/mol. The third kappa shape index (κ3) is 3.12. The maximum atomic E-state index is 13.5. The highest BCUT2D eigenvalue weighted by molar-refractivity contribution is 6.31. The second-order valence-corrected chi connectivity index (χ2v) is 5.49. The lowest BCUT2D eigenvalue weighted by molar-refractivity contribution is -0.120. The molecule has 0 aliphatic rings. The van der Waals surface area contributed by atoms with E-state index in [1.165, 1.54) is 6.07 Å². The number of H-pyrrole nitrogens is 1. The summed E-state index contributed by atoms with van der Waals surface area (Å²) in [6.07, 6.45) is 2.03. The summed E-state index contributed by atoms with van der Waals surface area (Å²) in [4.78, 5) is 15.1. The number of aromatic amines is 1. The number of hydrogen-bond donors (Lipinski definition) is 2. The van der Waals surface area contributed by atoms with Gasteiger partial charge in [0.1, 0.15) is 5.82 Å². The summed E-state index contributed by atoms with van der Waals surface area (Å²) in [6.45, 7) is 0.180. The van der Waals surface area contributed by atoms with E-state index in [2.05, 4.69) is 10.3 Å². The minimum absolute atomic E-state index is 0.154. The van der Waals surface area contributed by atoms with Gasteiger partial charge in [-0.2, -0.15) is 0 Å². The predicted octanol–water partition coefficient (Wildman–Crippen LogP) is 3.82. The summed E-state index contributed by atoms with van der Waals surface area (Å²) in [7, 11) is 0. The molecule has 1 aromatic heterocycles. The van der Waals surface area contributed by atoms with Crippen molar-refractivity contribution in [3.63, 3.8) is 0 Å². The van der Waals surface area contributed by atoms with Gasteiger partial charge in [-0.3, -0.25) is 4.79 Å². The summed E-state index contributed by atoms with van der Waals surface area (Å²) < 4.78 is 13.5. The lowest BCUT2D eigenvalue weighted by Gasteiger charge is -2.06. The van der Waals surface area contributed by atoms with Crippen LogP contribution in [0.15, 0.2) is 48.7 Å². The van der Waals surface area contributed by atoms with Gasteiger partial charge in [-0.25, -0.2) is 4.39 Å². The molecule has 0 bridgehead atoms. The van der Waals surface area contributed by atoms with Crippen molar-refractivity contribution >= 4 is 28.4 Å². The van der Waals surface area contributed by atoms with Crippen LogP contribution >= 0.6 is 11.6 Å². The van der Waals surface area contributed by atoms with E-state index in [0.717, 1.165) is 16.5 Å². The van der Waals surface area contributed by atoms with E-state index >= 15 is 0 Å². The Balaban J connectivity index is 1.67. The van der Waals surface area contributed by atoms with Crippen molar-refractivity contribution in [2.75, 3.05) is 0 Å². The number of amides is 1. The van der Waals surface area contributed by atoms with Crippen molar-refractivity contribution < 1.29 is 9.18 Å². The Morgan fingerprint density at radius 2 is 2.00 bits per heavy atom. The van der Waals surface area contributed by atoms with E-state index in [4.69, 9.17) is 11.6 Å². The van der Waals surface area contributed by atoms with Gasteiger partial charge in [0.25, 0.3) is 0 Å². The van der Waals surface area contributed by atoms with E-state index in [0.29, 0.717) is 10.6 Å². The van der Waals surface area contributed by atoms with Crippen LogP contribution in [0.4, 0.5) is 4.39 Å². The van der Waals surface area contributed by atoms with Crippen molar-refractivity contribution in [2.24, 2.45) is 0 Å². The lowest BCUT2D eigenvalue weighted by atomic mass is 10.1. The number of aromatic nitrogens is 1. The molecule has 1 heterocycles. The molecule has 22 heavy (non-hydrogen) atoms. The van der Waals surface area contributed by atoms with Crippen molar-refractivity contribution in [2.45, 2.75) is 13.0 Å². The summed E-state index contributed by atoms with van der Waals surface area (Å²) in [5, 5.41) is 4.34. The fourth-order valence-corrected chi connectivity index (χ4v) is 2.55. The molecule has 1 amide bonds. The Hall–Kier alpha value is -2.33. The number of rotatable bonds is 4. The van der Waals surface area contributed by atoms with Gasteiger partial charge in [0.15, 0.2) is 0 Å². The average Bonchev–Trinajstić information content (AvgIpc) is 2.88. The molecule has 0 aliphatic carbocycles. The SMILES string of the molecule is O=C(Cc1c[nH]c2cc(Cl)ccc12)NCc1ccccc1F. The maximum absolute atomic E-state index is 13.5. The van der Waals surface area contributed by atoms with E-state index in [1.807, 2.05) is 12.1 Å². The molecule has 0 atom stereocenters. The quantitative estimate of drug-likeness (QED) is 0.755. The minimum Gasteiger partial charge on any atom is -0.361 e. The van der Waals surface area contributed by atoms with Crippen molar-refractivity contribution in [3.05, 3.63) is 70.6 Å². The molecular formula is C17H14ClFN2O. The van der Waals surface area contributed by atoms with E-state index in [-0.39, 0.29) is 24.7 Å². The summed E-state index contributed by atoms with van der Waals surface area (Å²) in [6, 6.07) is 11.9. The van der Waals surface area contributed by atoms with Crippen molar-refractivity contribution in [1.82, 2.24) is 10.3 Å². The van der Waals surface area contributed by atoms with E-state index < -0.39 is 0 Å². The van der Waals surface area contributed by atoms with Crippen LogP contribution in [0, 0.1) is 5.82 Å². The Labute approximate surface area is 132 Å². The highest BCUT2D eigenvalue weighted by Gasteiger charge is 2.10. The van der Waals surface area contributed by atoms with Gasteiger partial charge in [-0.15, -0.1) is 0 Å². The van der Waals surface area contributed by atoms with E-state index in [9.17, 15) is 9.18 Å². The third-order valence-electron chi connectivity index (χ3n) is 3.51. The molecule has 5 heteroatoms. The molecule has 0 spiro atoms. The first-order chi connectivity index (χ1) is 10.6. The Morgan fingerprint density at radius 3 is 2.82 bits per heavy atom. The van der Waals surface area contributed by atoms with Gasteiger partial charge in [0.2, 0.25) is 5.91 Å². The van der Waals surface area contributed by atoms with Gasteiger partial charge in [0, 0.05) is 34.2 Å². The van der Waals surface area contributed by atoms with Crippen LogP contribution in [-0.4, -0.2) is 10.9 Å².